The third kappa shape index (κ3) is 10.1. The summed E-state index contributed by atoms with van der Waals surface area (Å²) in [4.78, 5) is 100. The lowest BCUT2D eigenvalue weighted by atomic mass is 9.44. The fourth-order valence-corrected chi connectivity index (χ4v) is 11.5. The largest absolute Gasteiger partial charge is 1.00 e. The maximum Gasteiger partial charge on any atom is 0.338 e. The molecule has 75 heavy (non-hydrogen) atoms. The van der Waals surface area contributed by atoms with Gasteiger partial charge in [-0.2, -0.15) is 0 Å². The van der Waals surface area contributed by atoms with Gasteiger partial charge in [0.15, 0.2) is 29.7 Å². The van der Waals surface area contributed by atoms with Crippen LogP contribution in [0.3, 0.4) is 0 Å². The molecule has 0 spiro atoms. The summed E-state index contributed by atoms with van der Waals surface area (Å²) < 4.78 is 37.2. The first-order valence-corrected chi connectivity index (χ1v) is 24.3. The quantitative estimate of drug-likeness (QED) is 0.0678. The Morgan fingerprint density at radius 2 is 1.25 bits per heavy atom. The molecule has 8 rings (SSSR count). The van der Waals surface area contributed by atoms with Crippen LogP contribution in [0.25, 0.3) is 0 Å². The summed E-state index contributed by atoms with van der Waals surface area (Å²) in [5.74, 6) is -8.74. The number of halogens is 1. The Hall–Kier alpha value is -6.80. The summed E-state index contributed by atoms with van der Waals surface area (Å²) in [6.45, 7) is 7.62. The van der Waals surface area contributed by atoms with Gasteiger partial charge in [0.05, 0.1) is 35.6 Å². The summed E-state index contributed by atoms with van der Waals surface area (Å²) in [5, 5.41) is 40.2. The molecule has 2 bridgehead atoms. The van der Waals surface area contributed by atoms with E-state index in [2.05, 4.69) is 5.32 Å². The molecule has 3 aliphatic carbocycles. The van der Waals surface area contributed by atoms with Gasteiger partial charge in [-0.15, -0.1) is 0 Å². The summed E-state index contributed by atoms with van der Waals surface area (Å²) in [5.41, 5.74) is -1.25. The molecule has 1 amide bonds. The van der Waals surface area contributed by atoms with Crippen molar-refractivity contribution in [1.29, 1.82) is 0 Å². The third-order valence-corrected chi connectivity index (χ3v) is 15.5. The fourth-order valence-electron chi connectivity index (χ4n) is 11.5. The van der Waals surface area contributed by atoms with Crippen LogP contribution in [0, 0.1) is 16.7 Å². The van der Waals surface area contributed by atoms with Crippen molar-refractivity contribution < 1.29 is 89.7 Å². The van der Waals surface area contributed by atoms with Crippen LogP contribution in [0.2, 0.25) is 0 Å². The van der Waals surface area contributed by atoms with Crippen molar-refractivity contribution in [2.75, 3.05) is 6.61 Å². The number of Topliss-reactive ketones (excluding diaryl/α,β-unsaturated/α-hetero) is 1. The molecule has 3 fully saturated rings. The fraction of sp³-hybridized carbons (Fsp3) is 0.411. The molecule has 4 aromatic carbocycles. The zero-order chi connectivity index (χ0) is 53.5. The first kappa shape index (κ1) is 55.9. The van der Waals surface area contributed by atoms with Crippen molar-refractivity contribution in [1.82, 2.24) is 5.32 Å². The van der Waals surface area contributed by atoms with Crippen LogP contribution in [0.4, 0.5) is 0 Å². The van der Waals surface area contributed by atoms with Crippen molar-refractivity contribution in [3.63, 3.8) is 0 Å². The number of aliphatic hydroxyl groups excluding tert-OH is 2. The zero-order valence-corrected chi connectivity index (χ0v) is 42.8. The summed E-state index contributed by atoms with van der Waals surface area (Å²) in [6.07, 6.45) is -13.5. The van der Waals surface area contributed by atoms with Crippen LogP contribution in [-0.2, 0) is 52.4 Å². The summed E-state index contributed by atoms with van der Waals surface area (Å²) in [7, 11) is 0. The summed E-state index contributed by atoms with van der Waals surface area (Å²) >= 11 is 0. The van der Waals surface area contributed by atoms with Crippen molar-refractivity contribution in [2.24, 2.45) is 22.5 Å². The van der Waals surface area contributed by atoms with Gasteiger partial charge in [-0.05, 0) is 60.4 Å². The number of nitrogens with one attached hydrogen (secondary N) is 1. The van der Waals surface area contributed by atoms with Crippen LogP contribution < -0.4 is 23.5 Å². The lowest BCUT2D eigenvalue weighted by Gasteiger charge is -2.67. The van der Waals surface area contributed by atoms with E-state index in [1.54, 1.807) is 109 Å². The number of ketones is 1. The van der Waals surface area contributed by atoms with E-state index in [9.17, 15) is 44.1 Å². The molecule has 398 valence electrons. The van der Waals surface area contributed by atoms with Gasteiger partial charge >= 0.3 is 29.8 Å². The minimum atomic E-state index is -2.54. The third-order valence-electron chi connectivity index (χ3n) is 15.5. The predicted molar refractivity (Wildman–Crippen MR) is 261 cm³/mol. The highest BCUT2D eigenvalue weighted by Crippen LogP contribution is 2.65. The number of fused-ring (bicyclic) bond motifs is 5. The molecular weight excluding hydrogens is 992 g/mol. The number of esters is 5. The lowest BCUT2D eigenvalue weighted by molar-refractivity contribution is -0.346. The van der Waals surface area contributed by atoms with E-state index in [1.807, 2.05) is 0 Å². The molecule has 19 heteroatoms. The second kappa shape index (κ2) is 21.8. The van der Waals surface area contributed by atoms with Crippen LogP contribution in [0.15, 0.2) is 132 Å². The highest BCUT2D eigenvalue weighted by Gasteiger charge is 2.79. The second-order valence-electron chi connectivity index (χ2n) is 20.1. The number of rotatable bonds is 14. The molecule has 2 saturated carbocycles. The number of hydrogen-bond acceptors (Lipinski definition) is 17. The Morgan fingerprint density at radius 1 is 0.720 bits per heavy atom. The van der Waals surface area contributed by atoms with E-state index in [-0.39, 0.29) is 41.1 Å². The Balaban J connectivity index is 0.00000820. The monoisotopic (exact) mass is 1050 g/mol. The van der Waals surface area contributed by atoms with Crippen LogP contribution in [-0.4, -0.2) is 117 Å². The number of ether oxygens (including phenoxy) is 6. The molecular formula is C56H60ClN2O16-. The second-order valence-corrected chi connectivity index (χ2v) is 20.1. The number of carbonyl (C=O) groups is 7. The molecule has 18 nitrogen and oxygen atoms in total. The van der Waals surface area contributed by atoms with Gasteiger partial charge in [0, 0.05) is 37.7 Å². The number of hydrogen-bond donors (Lipinski definition) is 5. The number of aliphatic hydroxyl groups is 3. The average Bonchev–Trinajstić information content (AvgIpc) is 3.38. The van der Waals surface area contributed by atoms with Gasteiger partial charge in [-0.3, -0.25) is 19.2 Å². The van der Waals surface area contributed by atoms with Crippen molar-refractivity contribution >= 4 is 41.5 Å². The van der Waals surface area contributed by atoms with Gasteiger partial charge in [-0.1, -0.05) is 111 Å². The molecule has 0 aromatic heterocycles. The van der Waals surface area contributed by atoms with Crippen LogP contribution in [0.1, 0.15) is 98.3 Å². The Labute approximate surface area is 439 Å². The van der Waals surface area contributed by atoms with Crippen molar-refractivity contribution in [3.8, 4) is 0 Å². The van der Waals surface area contributed by atoms with Gasteiger partial charge in [0.1, 0.15) is 30.0 Å². The number of carbonyl (C=O) groups excluding carboxylic acids is 7. The van der Waals surface area contributed by atoms with Crippen LogP contribution in [0.5, 0.6) is 0 Å². The molecule has 6 N–H and O–H groups in total. The van der Waals surface area contributed by atoms with Gasteiger partial charge in [-0.25, -0.2) is 14.4 Å². The maximum absolute atomic E-state index is 16.3. The Kier molecular flexibility index (Phi) is 16.3. The van der Waals surface area contributed by atoms with Crippen molar-refractivity contribution in [3.05, 3.63) is 155 Å². The van der Waals surface area contributed by atoms with Crippen molar-refractivity contribution in [2.45, 2.75) is 120 Å². The zero-order valence-electron chi connectivity index (χ0n) is 42.0. The SMILES string of the molecule is CC(=O)O[C@H]1C(=O)[C@@]2(C)C(C(OC(=O)c3ccccc3)[C@]3(O)C[C@H](OC(=O)[C@H](O)[C@@H](NC(=O)c4ccccc4)c4ccccc4)C(C)=C1C3(C)C)[C@]1(OC(C)=O)CO[C@@H]1C[C@@H]2OC(=O)C(O)C(N)c1ccccc1.[Cl-]. The predicted octanol–water partition coefficient (Wildman–Crippen LogP) is 1.35. The van der Waals surface area contributed by atoms with E-state index < -0.39 is 137 Å². The maximum atomic E-state index is 16.3. The molecule has 1 heterocycles. The molecule has 4 aliphatic rings. The minimum Gasteiger partial charge on any atom is -1.00 e. The molecule has 1 saturated heterocycles. The number of benzene rings is 4. The van der Waals surface area contributed by atoms with E-state index >= 15 is 4.79 Å². The topological polar surface area (TPSA) is 274 Å². The average molecular weight is 1050 g/mol. The molecule has 13 atom stereocenters. The van der Waals surface area contributed by atoms with Crippen LogP contribution >= 0.6 is 0 Å². The summed E-state index contributed by atoms with van der Waals surface area (Å²) in [6, 6.07) is 29.5. The first-order valence-electron chi connectivity index (χ1n) is 24.3. The van der Waals surface area contributed by atoms with E-state index in [0.717, 1.165) is 13.8 Å². The normalized spacial score (nSPS) is 29.0. The number of nitrogens with two attached hydrogens (primary N) is 1. The molecule has 4 aromatic rings. The van der Waals surface area contributed by atoms with Gasteiger partial charge in [0.2, 0.25) is 0 Å². The minimum absolute atomic E-state index is 0. The lowest BCUT2D eigenvalue weighted by Crippen LogP contribution is -3.00. The molecule has 4 unspecified atom stereocenters. The smallest absolute Gasteiger partial charge is 0.338 e. The number of amides is 1. The van der Waals surface area contributed by atoms with E-state index in [0.29, 0.717) is 11.1 Å². The van der Waals surface area contributed by atoms with Gasteiger partial charge < -0.3 is 67.2 Å². The molecule has 0 radical (unpaired) electrons. The highest BCUT2D eigenvalue weighted by molar-refractivity contribution is 5.96. The highest BCUT2D eigenvalue weighted by atomic mass is 35.5. The Morgan fingerprint density at radius 3 is 1.79 bits per heavy atom. The first-order chi connectivity index (χ1) is 35.1. The molecule has 1 aliphatic heterocycles. The van der Waals surface area contributed by atoms with Gasteiger partial charge in [0.25, 0.3) is 5.91 Å². The van der Waals surface area contributed by atoms with E-state index in [4.69, 9.17) is 34.2 Å². The van der Waals surface area contributed by atoms with E-state index in [1.165, 1.54) is 39.8 Å². The standard InChI is InChI=1S/C56H60N2O16.ClH/c1-30-37(71-52(67)44(62)42(34-21-13-8-14-22-34)58-49(64)35-23-15-9-16-24-35)28-56(68)48(73-50(65)36-25-17-10-18-26-36)46-54(6,47(63)45(70-31(2)59)40(30)53(56,4)5)38(27-39-55(46,29-69-39)74-32(3)60)72-51(66)43(61)41(57)33-19-11-7-12-20-33;/h7-26,37-39,41-46,48,61-62,68H,27-29,57H2,1-6H3,(H,58,64);1H/p-1/t37-,38-,39+,41?,42-,43?,44+,45+,46?,48?,54+,55-,56+;/m0./s1. The Bertz CT molecular complexity index is 2830.